The van der Waals surface area contributed by atoms with Gasteiger partial charge >= 0.3 is 5.97 Å². The Morgan fingerprint density at radius 2 is 1.13 bits per heavy atom. The molecule has 3 aromatic carbocycles. The van der Waals surface area contributed by atoms with Crippen LogP contribution < -0.4 is 0 Å². The number of carboxylic acid groups (broad SMARTS) is 1. The summed E-state index contributed by atoms with van der Waals surface area (Å²) < 4.78 is 17.5. The predicted molar refractivity (Wildman–Crippen MR) is 118 cm³/mol. The van der Waals surface area contributed by atoms with Gasteiger partial charge in [0.2, 0.25) is 0 Å². The molecule has 162 valence electrons. The first-order valence-corrected chi connectivity index (χ1v) is 10.4. The highest BCUT2D eigenvalue weighted by Crippen LogP contribution is 2.16. The van der Waals surface area contributed by atoms with E-state index in [9.17, 15) is 9.90 Å². The lowest BCUT2D eigenvalue weighted by Gasteiger charge is -2.25. The SMILES string of the molecule is O=C(O)C(OCc1ccccc1)C(CCOCc1ccccc1)OCc1ccccc1. The van der Waals surface area contributed by atoms with E-state index >= 15 is 0 Å². The van der Waals surface area contributed by atoms with Crippen LogP contribution >= 0.6 is 0 Å². The molecule has 5 nitrogen and oxygen atoms in total. The number of carbonyl (C=O) groups is 1. The van der Waals surface area contributed by atoms with Crippen molar-refractivity contribution < 1.29 is 24.1 Å². The largest absolute Gasteiger partial charge is 0.479 e. The van der Waals surface area contributed by atoms with Crippen molar-refractivity contribution in [3.8, 4) is 0 Å². The molecule has 5 heteroatoms. The van der Waals surface area contributed by atoms with Crippen LogP contribution in [0.3, 0.4) is 0 Å². The number of ether oxygens (including phenoxy) is 3. The molecule has 2 unspecified atom stereocenters. The quantitative estimate of drug-likeness (QED) is 0.401. The molecule has 1 N–H and O–H groups in total. The zero-order chi connectivity index (χ0) is 21.7. The van der Waals surface area contributed by atoms with E-state index in [0.717, 1.165) is 16.7 Å². The average molecular weight is 421 g/mol. The molecule has 0 radical (unpaired) electrons. The summed E-state index contributed by atoms with van der Waals surface area (Å²) >= 11 is 0. The fourth-order valence-electron chi connectivity index (χ4n) is 3.16. The highest BCUT2D eigenvalue weighted by Gasteiger charge is 2.30. The second-order valence-electron chi connectivity index (χ2n) is 7.22. The zero-order valence-corrected chi connectivity index (χ0v) is 17.4. The molecule has 0 fully saturated rings. The normalized spacial score (nSPS) is 12.9. The van der Waals surface area contributed by atoms with Crippen LogP contribution in [-0.4, -0.2) is 29.9 Å². The Hall–Kier alpha value is -2.99. The summed E-state index contributed by atoms with van der Waals surface area (Å²) in [6.07, 6.45) is -1.33. The number of aliphatic carboxylic acids is 1. The third kappa shape index (κ3) is 7.98. The van der Waals surface area contributed by atoms with E-state index in [2.05, 4.69) is 0 Å². The molecule has 3 aromatic rings. The van der Waals surface area contributed by atoms with E-state index < -0.39 is 18.2 Å². The van der Waals surface area contributed by atoms with Crippen molar-refractivity contribution in [1.82, 2.24) is 0 Å². The fraction of sp³-hybridized carbons (Fsp3) is 0.269. The first kappa shape index (κ1) is 22.7. The summed E-state index contributed by atoms with van der Waals surface area (Å²) in [5, 5.41) is 9.81. The third-order valence-electron chi connectivity index (χ3n) is 4.82. The van der Waals surface area contributed by atoms with Gasteiger partial charge in [-0.2, -0.15) is 0 Å². The van der Waals surface area contributed by atoms with Gasteiger partial charge in [-0.15, -0.1) is 0 Å². The smallest absolute Gasteiger partial charge is 0.335 e. The predicted octanol–water partition coefficient (Wildman–Crippen LogP) is 4.85. The molecule has 2 atom stereocenters. The molecule has 31 heavy (non-hydrogen) atoms. The molecule has 3 rings (SSSR count). The lowest BCUT2D eigenvalue weighted by molar-refractivity contribution is -0.166. The summed E-state index contributed by atoms with van der Waals surface area (Å²) in [6, 6.07) is 29.1. The van der Waals surface area contributed by atoms with Gasteiger partial charge in [0.15, 0.2) is 6.10 Å². The van der Waals surface area contributed by atoms with E-state index in [1.54, 1.807) is 0 Å². The van der Waals surface area contributed by atoms with Crippen molar-refractivity contribution in [3.05, 3.63) is 108 Å². The van der Waals surface area contributed by atoms with Crippen LogP contribution in [0, 0.1) is 0 Å². The number of carboxylic acids is 1. The highest BCUT2D eigenvalue weighted by atomic mass is 16.6. The maximum absolute atomic E-state index is 12.0. The van der Waals surface area contributed by atoms with Crippen molar-refractivity contribution in [2.24, 2.45) is 0 Å². The Balaban J connectivity index is 1.60. The number of benzene rings is 3. The molecule has 0 aliphatic rings. The van der Waals surface area contributed by atoms with Gasteiger partial charge in [-0.1, -0.05) is 91.0 Å². The van der Waals surface area contributed by atoms with E-state index in [1.165, 1.54) is 0 Å². The Morgan fingerprint density at radius 3 is 1.61 bits per heavy atom. The van der Waals surface area contributed by atoms with Gasteiger partial charge in [-0.3, -0.25) is 0 Å². The van der Waals surface area contributed by atoms with Gasteiger partial charge < -0.3 is 19.3 Å². The summed E-state index contributed by atoms with van der Waals surface area (Å²) in [4.78, 5) is 12.0. The number of hydrogen-bond donors (Lipinski definition) is 1. The number of rotatable bonds is 13. The summed E-state index contributed by atoms with van der Waals surface area (Å²) in [6.45, 7) is 1.35. The molecule has 0 aliphatic carbocycles. The van der Waals surface area contributed by atoms with Crippen molar-refractivity contribution in [2.75, 3.05) is 6.61 Å². The molecular formula is C26H28O5. The zero-order valence-electron chi connectivity index (χ0n) is 17.4. The molecule has 0 heterocycles. The first-order valence-electron chi connectivity index (χ1n) is 10.4. The standard InChI is InChI=1S/C26H28O5/c27-26(28)25(31-20-23-14-8-3-9-15-23)24(30-19-22-12-6-2-7-13-22)16-17-29-18-21-10-4-1-5-11-21/h1-15,24-25H,16-20H2,(H,27,28). The van der Waals surface area contributed by atoms with Crippen molar-refractivity contribution in [3.63, 3.8) is 0 Å². The highest BCUT2D eigenvalue weighted by molar-refractivity contribution is 5.73. The molecule has 0 amide bonds. The van der Waals surface area contributed by atoms with Crippen molar-refractivity contribution in [2.45, 2.75) is 38.4 Å². The Kier molecular flexibility index (Phi) is 9.26. The summed E-state index contributed by atoms with van der Waals surface area (Å²) in [7, 11) is 0. The third-order valence-corrected chi connectivity index (χ3v) is 4.82. The fourth-order valence-corrected chi connectivity index (χ4v) is 3.16. The van der Waals surface area contributed by atoms with Gasteiger partial charge in [-0.05, 0) is 16.7 Å². The monoisotopic (exact) mass is 420 g/mol. The van der Waals surface area contributed by atoms with E-state index in [0.29, 0.717) is 26.2 Å². The molecule has 0 saturated heterocycles. The second-order valence-corrected chi connectivity index (χ2v) is 7.22. The summed E-state index contributed by atoms with van der Waals surface area (Å²) in [5.41, 5.74) is 2.96. The van der Waals surface area contributed by atoms with Crippen LogP contribution in [0.25, 0.3) is 0 Å². The minimum Gasteiger partial charge on any atom is -0.479 e. The Labute approximate surface area is 183 Å². The van der Waals surface area contributed by atoms with Crippen LogP contribution in [0.2, 0.25) is 0 Å². The maximum Gasteiger partial charge on any atom is 0.335 e. The van der Waals surface area contributed by atoms with Gasteiger partial charge in [-0.25, -0.2) is 4.79 Å². The maximum atomic E-state index is 12.0. The molecule has 0 bridgehead atoms. The van der Waals surface area contributed by atoms with Crippen LogP contribution in [-0.2, 0) is 38.8 Å². The lowest BCUT2D eigenvalue weighted by Crippen LogP contribution is -2.39. The van der Waals surface area contributed by atoms with E-state index in [-0.39, 0.29) is 6.61 Å². The van der Waals surface area contributed by atoms with Gasteiger partial charge in [0.05, 0.1) is 25.9 Å². The molecule has 0 aliphatic heterocycles. The van der Waals surface area contributed by atoms with Gasteiger partial charge in [0.1, 0.15) is 0 Å². The van der Waals surface area contributed by atoms with Crippen LogP contribution in [0.1, 0.15) is 23.1 Å². The van der Waals surface area contributed by atoms with Crippen LogP contribution in [0.5, 0.6) is 0 Å². The first-order chi connectivity index (χ1) is 15.2. The van der Waals surface area contributed by atoms with Gasteiger partial charge in [0, 0.05) is 13.0 Å². The topological polar surface area (TPSA) is 65.0 Å². The second kappa shape index (κ2) is 12.6. The van der Waals surface area contributed by atoms with Crippen molar-refractivity contribution in [1.29, 1.82) is 0 Å². The van der Waals surface area contributed by atoms with Crippen molar-refractivity contribution >= 4 is 5.97 Å². The minimum absolute atomic E-state index is 0.202. The molecule has 0 spiro atoms. The molecular weight excluding hydrogens is 392 g/mol. The number of hydrogen-bond acceptors (Lipinski definition) is 4. The lowest BCUT2D eigenvalue weighted by atomic mass is 10.1. The Bertz CT molecular complexity index is 883. The molecule has 0 aromatic heterocycles. The van der Waals surface area contributed by atoms with Crippen LogP contribution in [0.15, 0.2) is 91.0 Å². The van der Waals surface area contributed by atoms with Gasteiger partial charge in [0.25, 0.3) is 0 Å². The summed E-state index contributed by atoms with van der Waals surface area (Å²) in [5.74, 6) is -1.04. The molecule has 0 saturated carbocycles. The minimum atomic E-state index is -1.09. The van der Waals surface area contributed by atoms with E-state index in [4.69, 9.17) is 14.2 Å². The Morgan fingerprint density at radius 1 is 0.677 bits per heavy atom. The average Bonchev–Trinajstić information content (AvgIpc) is 2.81. The van der Waals surface area contributed by atoms with Crippen LogP contribution in [0.4, 0.5) is 0 Å². The van der Waals surface area contributed by atoms with E-state index in [1.807, 2.05) is 91.0 Å².